The summed E-state index contributed by atoms with van der Waals surface area (Å²) in [6.07, 6.45) is 7.54. The smallest absolute Gasteiger partial charge is 0.0201 e. The summed E-state index contributed by atoms with van der Waals surface area (Å²) in [5, 5.41) is 3.77. The summed E-state index contributed by atoms with van der Waals surface area (Å²) in [6, 6.07) is 11.7. The van der Waals surface area contributed by atoms with Crippen LogP contribution in [-0.4, -0.2) is 12.6 Å². The van der Waals surface area contributed by atoms with Crippen LogP contribution in [0.25, 0.3) is 0 Å². The quantitative estimate of drug-likeness (QED) is 0.700. The fraction of sp³-hybridized carbons (Fsp3) is 0.579. The zero-order chi connectivity index (χ0) is 14.4. The topological polar surface area (TPSA) is 12.0 Å². The van der Waals surface area contributed by atoms with E-state index in [1.807, 2.05) is 0 Å². The van der Waals surface area contributed by atoms with Gasteiger partial charge in [0.1, 0.15) is 0 Å². The Balaban J connectivity index is 2.31. The van der Waals surface area contributed by atoms with Crippen molar-refractivity contribution < 1.29 is 0 Å². The Morgan fingerprint density at radius 1 is 1.20 bits per heavy atom. The summed E-state index contributed by atoms with van der Waals surface area (Å²) in [7, 11) is 0. The first-order valence-corrected chi connectivity index (χ1v) is 8.18. The van der Waals surface area contributed by atoms with E-state index < -0.39 is 0 Å². The van der Waals surface area contributed by atoms with Gasteiger partial charge in [0.05, 0.1) is 0 Å². The maximum atomic E-state index is 4.25. The number of hydrogen-bond acceptors (Lipinski definition) is 1. The van der Waals surface area contributed by atoms with Gasteiger partial charge in [-0.05, 0) is 37.8 Å². The average Bonchev–Trinajstić information content (AvgIpc) is 2.98. The number of hydrogen-bond donors (Lipinski definition) is 1. The van der Waals surface area contributed by atoms with Crippen LogP contribution in [0.1, 0.15) is 57.9 Å². The largest absolute Gasteiger partial charge is 0.313 e. The molecule has 1 aromatic carbocycles. The fourth-order valence-corrected chi connectivity index (χ4v) is 3.76. The lowest BCUT2D eigenvalue weighted by atomic mass is 9.70. The van der Waals surface area contributed by atoms with E-state index in [2.05, 4.69) is 56.1 Å². The van der Waals surface area contributed by atoms with Crippen LogP contribution in [0.15, 0.2) is 42.5 Å². The maximum absolute atomic E-state index is 4.25. The van der Waals surface area contributed by atoms with E-state index in [4.69, 9.17) is 0 Å². The summed E-state index contributed by atoms with van der Waals surface area (Å²) in [4.78, 5) is 0. The highest BCUT2D eigenvalue weighted by molar-refractivity contribution is 5.30. The molecule has 1 saturated carbocycles. The van der Waals surface area contributed by atoms with Gasteiger partial charge in [0.2, 0.25) is 0 Å². The first-order valence-electron chi connectivity index (χ1n) is 8.18. The van der Waals surface area contributed by atoms with Crippen molar-refractivity contribution in [2.45, 2.75) is 63.8 Å². The fourth-order valence-electron chi connectivity index (χ4n) is 3.76. The van der Waals surface area contributed by atoms with Crippen molar-refractivity contribution in [3.8, 4) is 0 Å². The number of nitrogens with one attached hydrogen (secondary N) is 1. The summed E-state index contributed by atoms with van der Waals surface area (Å²) < 4.78 is 0. The van der Waals surface area contributed by atoms with Crippen LogP contribution in [0, 0.1) is 0 Å². The monoisotopic (exact) mass is 271 g/mol. The van der Waals surface area contributed by atoms with Gasteiger partial charge in [-0.2, -0.15) is 0 Å². The molecule has 0 amide bonds. The molecule has 1 N–H and O–H groups in total. The molecule has 0 heterocycles. The Morgan fingerprint density at radius 2 is 1.85 bits per heavy atom. The second-order valence-corrected chi connectivity index (χ2v) is 6.15. The Kier molecular flexibility index (Phi) is 5.42. The predicted molar refractivity (Wildman–Crippen MR) is 88.1 cm³/mol. The van der Waals surface area contributed by atoms with E-state index >= 15 is 0 Å². The molecule has 2 rings (SSSR count). The summed E-state index contributed by atoms with van der Waals surface area (Å²) in [5.74, 6) is 0. The SMILES string of the molecule is C=C(CC)CC(NCC)C1(c2ccccc2)CCCC1. The van der Waals surface area contributed by atoms with Gasteiger partial charge in [0.15, 0.2) is 0 Å². The van der Waals surface area contributed by atoms with E-state index in [9.17, 15) is 0 Å². The summed E-state index contributed by atoms with van der Waals surface area (Å²) >= 11 is 0. The van der Waals surface area contributed by atoms with E-state index in [0.29, 0.717) is 11.5 Å². The highest BCUT2D eigenvalue weighted by atomic mass is 14.9. The van der Waals surface area contributed by atoms with E-state index in [1.165, 1.54) is 36.8 Å². The van der Waals surface area contributed by atoms with Crippen LogP contribution in [0.4, 0.5) is 0 Å². The molecule has 0 saturated heterocycles. The van der Waals surface area contributed by atoms with Gasteiger partial charge in [-0.3, -0.25) is 0 Å². The van der Waals surface area contributed by atoms with Crippen molar-refractivity contribution in [1.29, 1.82) is 0 Å². The van der Waals surface area contributed by atoms with Gasteiger partial charge in [-0.15, -0.1) is 0 Å². The molecule has 0 spiro atoms. The van der Waals surface area contributed by atoms with Gasteiger partial charge in [-0.25, -0.2) is 0 Å². The minimum atomic E-state index is 0.315. The summed E-state index contributed by atoms with van der Waals surface area (Å²) in [6.45, 7) is 9.72. The van der Waals surface area contributed by atoms with Crippen LogP contribution in [0.5, 0.6) is 0 Å². The van der Waals surface area contributed by atoms with Crippen molar-refractivity contribution in [2.24, 2.45) is 0 Å². The minimum absolute atomic E-state index is 0.315. The third kappa shape index (κ3) is 3.15. The lowest BCUT2D eigenvalue weighted by Gasteiger charge is -2.39. The molecule has 1 aliphatic carbocycles. The van der Waals surface area contributed by atoms with Crippen LogP contribution in [0.2, 0.25) is 0 Å². The van der Waals surface area contributed by atoms with Gasteiger partial charge in [0, 0.05) is 11.5 Å². The number of likely N-dealkylation sites (N-methyl/N-ethyl adjacent to an activating group) is 1. The lowest BCUT2D eigenvalue weighted by molar-refractivity contribution is 0.295. The van der Waals surface area contributed by atoms with Gasteiger partial charge in [0.25, 0.3) is 0 Å². The molecule has 1 atom stereocenters. The minimum Gasteiger partial charge on any atom is -0.313 e. The van der Waals surface area contributed by atoms with E-state index in [0.717, 1.165) is 19.4 Å². The van der Waals surface area contributed by atoms with Crippen LogP contribution in [-0.2, 0) is 5.41 Å². The molecule has 0 aromatic heterocycles. The highest BCUT2D eigenvalue weighted by Crippen LogP contribution is 2.45. The second kappa shape index (κ2) is 7.08. The highest BCUT2D eigenvalue weighted by Gasteiger charge is 2.42. The third-order valence-electron chi connectivity index (χ3n) is 4.95. The van der Waals surface area contributed by atoms with Gasteiger partial charge in [-0.1, -0.05) is 69.2 Å². The van der Waals surface area contributed by atoms with E-state index in [1.54, 1.807) is 0 Å². The standard InChI is InChI=1S/C19H29N/c1-4-16(3)15-18(20-5-2)19(13-9-10-14-19)17-11-7-6-8-12-17/h6-8,11-12,18,20H,3-5,9-10,13-15H2,1-2H3. The molecular weight excluding hydrogens is 242 g/mol. The van der Waals surface area contributed by atoms with Crippen molar-refractivity contribution in [3.05, 3.63) is 48.0 Å². The molecule has 1 nitrogen and oxygen atoms in total. The number of benzene rings is 1. The van der Waals surface area contributed by atoms with Gasteiger partial charge < -0.3 is 5.32 Å². The Hall–Kier alpha value is -1.08. The molecule has 20 heavy (non-hydrogen) atoms. The first kappa shape index (κ1) is 15.3. The normalized spacial score (nSPS) is 18.9. The van der Waals surface area contributed by atoms with Crippen LogP contribution in [0.3, 0.4) is 0 Å². The zero-order valence-electron chi connectivity index (χ0n) is 13.1. The Morgan fingerprint density at radius 3 is 2.40 bits per heavy atom. The molecule has 1 heteroatoms. The van der Waals surface area contributed by atoms with Crippen molar-refractivity contribution in [3.63, 3.8) is 0 Å². The molecular formula is C19H29N. The van der Waals surface area contributed by atoms with E-state index in [-0.39, 0.29) is 0 Å². The number of rotatable bonds is 7. The first-order chi connectivity index (χ1) is 9.73. The molecule has 1 unspecified atom stereocenters. The molecule has 1 aliphatic rings. The third-order valence-corrected chi connectivity index (χ3v) is 4.95. The zero-order valence-corrected chi connectivity index (χ0v) is 13.1. The molecule has 1 fully saturated rings. The van der Waals surface area contributed by atoms with Crippen molar-refractivity contribution in [1.82, 2.24) is 5.32 Å². The average molecular weight is 271 g/mol. The van der Waals surface area contributed by atoms with Crippen molar-refractivity contribution in [2.75, 3.05) is 6.54 Å². The molecule has 0 aliphatic heterocycles. The molecule has 110 valence electrons. The second-order valence-electron chi connectivity index (χ2n) is 6.15. The van der Waals surface area contributed by atoms with Crippen LogP contribution < -0.4 is 5.32 Å². The maximum Gasteiger partial charge on any atom is 0.0201 e. The molecule has 0 radical (unpaired) electrons. The Labute approximate surface area is 124 Å². The lowest BCUT2D eigenvalue weighted by Crippen LogP contribution is -2.47. The summed E-state index contributed by atoms with van der Waals surface area (Å²) in [5.41, 5.74) is 3.21. The van der Waals surface area contributed by atoms with Gasteiger partial charge >= 0.3 is 0 Å². The Bertz CT molecular complexity index is 415. The predicted octanol–water partition coefficient (Wildman–Crippen LogP) is 4.83. The molecule has 0 bridgehead atoms. The molecule has 1 aromatic rings. The van der Waals surface area contributed by atoms with Crippen molar-refractivity contribution >= 4 is 0 Å². The van der Waals surface area contributed by atoms with Crippen LogP contribution >= 0.6 is 0 Å².